The van der Waals surface area contributed by atoms with Crippen molar-refractivity contribution < 1.29 is 14.3 Å². The molecule has 7 nitrogen and oxygen atoms in total. The molecule has 1 aromatic carbocycles. The van der Waals surface area contributed by atoms with Crippen LogP contribution in [0.2, 0.25) is 0 Å². The van der Waals surface area contributed by atoms with Gasteiger partial charge in [-0.1, -0.05) is 45.5 Å². The molecule has 0 unspecified atom stereocenters. The summed E-state index contributed by atoms with van der Waals surface area (Å²) >= 11 is 5.14. The monoisotopic (exact) mass is 461 g/mol. The van der Waals surface area contributed by atoms with Crippen LogP contribution < -0.4 is 21.3 Å². The molecule has 3 N–H and O–H groups in total. The number of unbranched alkanes of at least 4 members (excludes halogenated alkanes) is 1. The number of pyridine rings is 1. The first-order chi connectivity index (χ1) is 14.9. The fourth-order valence-electron chi connectivity index (χ4n) is 3.30. The molecule has 0 saturated carbocycles. The highest BCUT2D eigenvalue weighted by Gasteiger charge is 2.22. The zero-order chi connectivity index (χ0) is 24.1. The standard InChI is InChI=1S/C24H35N3O4S/c1-7-8-11-30-20-18-12-16(21(25)32)9-10-17(18)22(28)27(14-15(2)3)19(20)13-26-23(29)31-24(4,5)6/h9-10,12,15H,7-8,11,13-14H2,1-6H3,(H2,25,32)(H,26,29). The molecule has 0 atom stereocenters. The van der Waals surface area contributed by atoms with Crippen LogP contribution in [-0.2, 0) is 17.8 Å². The van der Waals surface area contributed by atoms with E-state index < -0.39 is 11.7 Å². The van der Waals surface area contributed by atoms with E-state index in [0.717, 1.165) is 12.8 Å². The molecule has 0 aliphatic carbocycles. The van der Waals surface area contributed by atoms with Gasteiger partial charge in [0.15, 0.2) is 0 Å². The number of rotatable bonds is 9. The molecule has 1 aromatic heterocycles. The summed E-state index contributed by atoms with van der Waals surface area (Å²) in [5, 5.41) is 3.94. The quantitative estimate of drug-likeness (QED) is 0.422. The first-order valence-corrected chi connectivity index (χ1v) is 11.4. The van der Waals surface area contributed by atoms with Crippen molar-refractivity contribution in [2.45, 2.75) is 73.1 Å². The molecule has 0 saturated heterocycles. The topological polar surface area (TPSA) is 95.6 Å². The van der Waals surface area contributed by atoms with E-state index in [9.17, 15) is 9.59 Å². The molecule has 0 aliphatic heterocycles. The Hall–Kier alpha value is -2.61. The van der Waals surface area contributed by atoms with Crippen LogP contribution in [0.5, 0.6) is 5.75 Å². The number of benzene rings is 1. The minimum absolute atomic E-state index is 0.0889. The molecule has 0 fully saturated rings. The predicted molar refractivity (Wildman–Crippen MR) is 132 cm³/mol. The van der Waals surface area contributed by atoms with Crippen LogP contribution in [0.3, 0.4) is 0 Å². The third-order valence-electron chi connectivity index (χ3n) is 4.70. The first-order valence-electron chi connectivity index (χ1n) is 11.0. The third-order valence-corrected chi connectivity index (χ3v) is 4.94. The van der Waals surface area contributed by atoms with Crippen molar-refractivity contribution in [2.24, 2.45) is 11.7 Å². The molecule has 0 radical (unpaired) electrons. The van der Waals surface area contributed by atoms with Gasteiger partial charge >= 0.3 is 6.09 Å². The molecule has 0 aliphatic rings. The van der Waals surface area contributed by atoms with Crippen LogP contribution >= 0.6 is 12.2 Å². The van der Waals surface area contributed by atoms with Gasteiger partial charge in [-0.3, -0.25) is 4.79 Å². The van der Waals surface area contributed by atoms with Gasteiger partial charge in [0.05, 0.1) is 24.2 Å². The van der Waals surface area contributed by atoms with E-state index in [0.29, 0.717) is 40.9 Å². The SMILES string of the molecule is CCCCOc1c(CNC(=O)OC(C)(C)C)n(CC(C)C)c(=O)c2ccc(C(N)=S)cc12. The van der Waals surface area contributed by atoms with E-state index in [4.69, 9.17) is 27.4 Å². The predicted octanol–water partition coefficient (Wildman–Crippen LogP) is 4.50. The number of nitrogens with one attached hydrogen (secondary N) is 1. The lowest BCUT2D eigenvalue weighted by molar-refractivity contribution is 0.0521. The normalized spacial score (nSPS) is 11.6. The van der Waals surface area contributed by atoms with Crippen LogP contribution in [0.4, 0.5) is 4.79 Å². The fourth-order valence-corrected chi connectivity index (χ4v) is 3.43. The lowest BCUT2D eigenvalue weighted by Gasteiger charge is -2.23. The van der Waals surface area contributed by atoms with Crippen LogP contribution in [0.25, 0.3) is 10.8 Å². The van der Waals surface area contributed by atoms with Crippen LogP contribution in [0.15, 0.2) is 23.0 Å². The Morgan fingerprint density at radius 2 is 1.94 bits per heavy atom. The number of carbonyl (C=O) groups is 1. The van der Waals surface area contributed by atoms with E-state index >= 15 is 0 Å². The number of amides is 1. The Balaban J connectivity index is 2.68. The maximum Gasteiger partial charge on any atom is 0.407 e. The minimum atomic E-state index is -0.628. The minimum Gasteiger partial charge on any atom is -0.491 e. The molecule has 2 rings (SSSR count). The average molecular weight is 462 g/mol. The van der Waals surface area contributed by atoms with E-state index in [2.05, 4.69) is 12.2 Å². The van der Waals surface area contributed by atoms with Crippen LogP contribution in [0.1, 0.15) is 65.6 Å². The molecule has 32 heavy (non-hydrogen) atoms. The van der Waals surface area contributed by atoms with Gasteiger partial charge in [-0.2, -0.15) is 0 Å². The van der Waals surface area contributed by atoms with Gasteiger partial charge in [0.2, 0.25) is 0 Å². The first kappa shape index (κ1) is 25.6. The summed E-state index contributed by atoms with van der Waals surface area (Å²) < 4.78 is 13.3. The van der Waals surface area contributed by atoms with E-state index in [-0.39, 0.29) is 23.0 Å². The van der Waals surface area contributed by atoms with Gasteiger partial charge in [0, 0.05) is 17.5 Å². The van der Waals surface area contributed by atoms with Crippen molar-refractivity contribution in [3.8, 4) is 5.75 Å². The summed E-state index contributed by atoms with van der Waals surface area (Å²) in [6.07, 6.45) is 1.27. The van der Waals surface area contributed by atoms with Crippen molar-refractivity contribution in [3.05, 3.63) is 39.8 Å². The summed E-state index contributed by atoms with van der Waals surface area (Å²) in [7, 11) is 0. The largest absolute Gasteiger partial charge is 0.491 e. The van der Waals surface area contributed by atoms with Crippen molar-refractivity contribution in [2.75, 3.05) is 6.61 Å². The third kappa shape index (κ3) is 6.69. The molecule has 2 aromatic rings. The highest BCUT2D eigenvalue weighted by molar-refractivity contribution is 7.80. The van der Waals surface area contributed by atoms with Gasteiger partial charge in [-0.05, 0) is 45.2 Å². The number of ether oxygens (including phenoxy) is 2. The second-order valence-electron chi connectivity index (χ2n) is 9.27. The van der Waals surface area contributed by atoms with E-state index in [1.165, 1.54) is 0 Å². The van der Waals surface area contributed by atoms with Gasteiger partial charge in [-0.15, -0.1) is 0 Å². The number of hydrogen-bond acceptors (Lipinski definition) is 5. The number of alkyl carbamates (subject to hydrolysis) is 1. The van der Waals surface area contributed by atoms with E-state index in [1.54, 1.807) is 43.5 Å². The maximum absolute atomic E-state index is 13.4. The van der Waals surface area contributed by atoms with Crippen LogP contribution in [-0.4, -0.2) is 27.9 Å². The van der Waals surface area contributed by atoms with Gasteiger partial charge < -0.3 is 25.1 Å². The number of hydrogen-bond donors (Lipinski definition) is 2. The Morgan fingerprint density at radius 3 is 2.50 bits per heavy atom. The molecule has 1 amide bonds. The summed E-state index contributed by atoms with van der Waals surface area (Å²) in [5.41, 5.74) is 6.31. The molecule has 0 bridgehead atoms. The zero-order valence-corrected chi connectivity index (χ0v) is 20.7. The molecular weight excluding hydrogens is 426 g/mol. The molecular formula is C24H35N3O4S. The highest BCUT2D eigenvalue weighted by Crippen LogP contribution is 2.30. The number of thiocarbonyl (C=S) groups is 1. The Labute approximate surface area is 195 Å². The lowest BCUT2D eigenvalue weighted by atomic mass is 10.0. The second-order valence-corrected chi connectivity index (χ2v) is 9.71. The van der Waals surface area contributed by atoms with E-state index in [1.807, 2.05) is 13.8 Å². The van der Waals surface area contributed by atoms with Crippen molar-refractivity contribution in [1.29, 1.82) is 0 Å². The number of carbonyl (C=O) groups excluding carboxylic acids is 1. The van der Waals surface area contributed by atoms with Gasteiger partial charge in [0.1, 0.15) is 16.3 Å². The van der Waals surface area contributed by atoms with Gasteiger partial charge in [-0.25, -0.2) is 4.79 Å². The maximum atomic E-state index is 13.4. The number of nitrogens with zero attached hydrogens (tertiary/aromatic N) is 1. The number of nitrogens with two attached hydrogens (primary N) is 1. The van der Waals surface area contributed by atoms with Gasteiger partial charge in [0.25, 0.3) is 5.56 Å². The van der Waals surface area contributed by atoms with Crippen molar-refractivity contribution in [3.63, 3.8) is 0 Å². The second kappa shape index (κ2) is 10.8. The highest BCUT2D eigenvalue weighted by atomic mass is 32.1. The van der Waals surface area contributed by atoms with Crippen molar-refractivity contribution in [1.82, 2.24) is 9.88 Å². The summed E-state index contributed by atoms with van der Waals surface area (Å²) in [4.78, 5) is 26.0. The molecule has 8 heteroatoms. The molecule has 1 heterocycles. The van der Waals surface area contributed by atoms with Crippen LogP contribution in [0, 0.1) is 5.92 Å². The lowest BCUT2D eigenvalue weighted by Crippen LogP contribution is -2.35. The summed E-state index contributed by atoms with van der Waals surface area (Å²) in [6, 6.07) is 5.28. The summed E-state index contributed by atoms with van der Waals surface area (Å²) in [5.74, 6) is 0.771. The summed E-state index contributed by atoms with van der Waals surface area (Å²) in [6.45, 7) is 12.6. The Bertz CT molecular complexity index is 1040. The number of fused-ring (bicyclic) bond motifs is 1. The zero-order valence-electron chi connectivity index (χ0n) is 19.9. The Morgan fingerprint density at radius 1 is 1.25 bits per heavy atom. The van der Waals surface area contributed by atoms with Crippen molar-refractivity contribution >= 4 is 34.1 Å². The fraction of sp³-hybridized carbons (Fsp3) is 0.542. The average Bonchev–Trinajstić information content (AvgIpc) is 2.68. The smallest absolute Gasteiger partial charge is 0.407 e. The number of aromatic nitrogens is 1. The molecule has 176 valence electrons. The Kier molecular flexibility index (Phi) is 8.66. The molecule has 0 spiro atoms.